The third kappa shape index (κ3) is 2.64. The molecular weight excluding hydrogens is 228 g/mol. The monoisotopic (exact) mass is 248 g/mol. The fourth-order valence-corrected chi connectivity index (χ4v) is 2.37. The number of hydrogen-bond acceptors (Lipinski definition) is 3. The molecule has 1 aromatic rings. The summed E-state index contributed by atoms with van der Waals surface area (Å²) < 4.78 is 0. The summed E-state index contributed by atoms with van der Waals surface area (Å²) in [7, 11) is 0. The minimum atomic E-state index is -0.393. The second-order valence-corrected chi connectivity index (χ2v) is 4.85. The molecule has 98 valence electrons. The summed E-state index contributed by atoms with van der Waals surface area (Å²) in [6.45, 7) is 3.52. The molecule has 1 aliphatic rings. The summed E-state index contributed by atoms with van der Waals surface area (Å²) in [5.41, 5.74) is 7.35. The zero-order valence-corrected chi connectivity index (χ0v) is 10.7. The third-order valence-electron chi connectivity index (χ3n) is 3.62. The molecule has 1 amide bonds. The Morgan fingerprint density at radius 3 is 2.67 bits per heavy atom. The normalized spacial score (nSPS) is 21.0. The third-order valence-corrected chi connectivity index (χ3v) is 3.62. The van der Waals surface area contributed by atoms with Crippen molar-refractivity contribution in [1.29, 1.82) is 0 Å². The molecule has 4 heteroatoms. The van der Waals surface area contributed by atoms with Gasteiger partial charge < -0.3 is 15.7 Å². The molecule has 0 spiro atoms. The summed E-state index contributed by atoms with van der Waals surface area (Å²) in [5, 5.41) is 9.73. The predicted octanol–water partition coefficient (Wildman–Crippen LogP) is 1.44. The van der Waals surface area contributed by atoms with Crippen LogP contribution in [-0.2, 0) is 4.79 Å². The lowest BCUT2D eigenvalue weighted by molar-refractivity contribution is -0.121. The van der Waals surface area contributed by atoms with Gasteiger partial charge in [0.05, 0.1) is 12.0 Å². The van der Waals surface area contributed by atoms with Gasteiger partial charge in [-0.25, -0.2) is 0 Å². The van der Waals surface area contributed by atoms with Crippen molar-refractivity contribution in [2.45, 2.75) is 25.9 Å². The number of carbonyl (C=O) groups excluding carboxylic acids is 1. The SMILES string of the molecule is CC[C@@H](O)c1ccc(N2CCC(C(N)=O)C2)cc1. The maximum atomic E-state index is 11.1. The molecule has 1 saturated heterocycles. The zero-order valence-electron chi connectivity index (χ0n) is 10.7. The molecule has 2 rings (SSSR count). The molecule has 1 aliphatic heterocycles. The number of nitrogens with zero attached hydrogens (tertiary/aromatic N) is 1. The number of aliphatic hydroxyl groups is 1. The van der Waals surface area contributed by atoms with Crippen LogP contribution in [0.15, 0.2) is 24.3 Å². The average molecular weight is 248 g/mol. The van der Waals surface area contributed by atoms with Gasteiger partial charge in [0.25, 0.3) is 0 Å². The average Bonchev–Trinajstić information content (AvgIpc) is 2.88. The Bertz CT molecular complexity index is 416. The highest BCUT2D eigenvalue weighted by Gasteiger charge is 2.26. The van der Waals surface area contributed by atoms with E-state index in [1.54, 1.807) is 0 Å². The molecule has 1 aromatic carbocycles. The summed E-state index contributed by atoms with van der Waals surface area (Å²) in [6, 6.07) is 7.89. The van der Waals surface area contributed by atoms with Crippen LogP contribution in [0.3, 0.4) is 0 Å². The standard InChI is InChI=1S/C14H20N2O2/c1-2-13(17)10-3-5-12(6-4-10)16-8-7-11(9-16)14(15)18/h3-6,11,13,17H,2,7-9H2,1H3,(H2,15,18)/t11?,13-/m1/s1. The number of rotatable bonds is 4. The summed E-state index contributed by atoms with van der Waals surface area (Å²) in [5.74, 6) is -0.249. The molecule has 1 heterocycles. The van der Waals surface area contributed by atoms with Gasteiger partial charge >= 0.3 is 0 Å². The van der Waals surface area contributed by atoms with E-state index in [0.717, 1.165) is 24.2 Å². The number of primary amides is 1. The largest absolute Gasteiger partial charge is 0.388 e. The van der Waals surface area contributed by atoms with Crippen LogP contribution < -0.4 is 10.6 Å². The Balaban J connectivity index is 2.05. The van der Waals surface area contributed by atoms with E-state index in [9.17, 15) is 9.90 Å². The Labute approximate surface area is 107 Å². The topological polar surface area (TPSA) is 66.6 Å². The lowest BCUT2D eigenvalue weighted by Crippen LogP contribution is -2.27. The van der Waals surface area contributed by atoms with E-state index in [2.05, 4.69) is 4.90 Å². The Morgan fingerprint density at radius 1 is 1.50 bits per heavy atom. The van der Waals surface area contributed by atoms with Crippen molar-refractivity contribution in [3.8, 4) is 0 Å². The molecule has 18 heavy (non-hydrogen) atoms. The highest BCUT2D eigenvalue weighted by molar-refractivity contribution is 5.78. The molecule has 0 aliphatic carbocycles. The summed E-state index contributed by atoms with van der Waals surface area (Å²) >= 11 is 0. The first kappa shape index (κ1) is 12.9. The first-order chi connectivity index (χ1) is 8.61. The number of nitrogens with two attached hydrogens (primary N) is 1. The number of amides is 1. The van der Waals surface area contributed by atoms with Crippen molar-refractivity contribution in [2.75, 3.05) is 18.0 Å². The van der Waals surface area contributed by atoms with Gasteiger partial charge in [-0.2, -0.15) is 0 Å². The van der Waals surface area contributed by atoms with Crippen LogP contribution >= 0.6 is 0 Å². The minimum Gasteiger partial charge on any atom is -0.388 e. The fourth-order valence-electron chi connectivity index (χ4n) is 2.37. The molecule has 1 unspecified atom stereocenters. The number of aliphatic hydroxyl groups excluding tert-OH is 1. The maximum absolute atomic E-state index is 11.1. The highest BCUT2D eigenvalue weighted by atomic mass is 16.3. The van der Waals surface area contributed by atoms with Gasteiger partial charge in [-0.05, 0) is 30.5 Å². The molecule has 1 fully saturated rings. The van der Waals surface area contributed by atoms with E-state index in [1.807, 2.05) is 31.2 Å². The van der Waals surface area contributed by atoms with Crippen LogP contribution in [0.4, 0.5) is 5.69 Å². The zero-order chi connectivity index (χ0) is 13.1. The second kappa shape index (κ2) is 5.40. The van der Waals surface area contributed by atoms with Crippen molar-refractivity contribution in [3.05, 3.63) is 29.8 Å². The lowest BCUT2D eigenvalue weighted by atomic mass is 10.1. The number of anilines is 1. The first-order valence-corrected chi connectivity index (χ1v) is 6.44. The Kier molecular flexibility index (Phi) is 3.87. The number of benzene rings is 1. The summed E-state index contributed by atoms with van der Waals surface area (Å²) in [4.78, 5) is 13.3. The van der Waals surface area contributed by atoms with Gasteiger partial charge in [0.15, 0.2) is 0 Å². The van der Waals surface area contributed by atoms with Gasteiger partial charge in [-0.15, -0.1) is 0 Å². The molecule has 0 bridgehead atoms. The Morgan fingerprint density at radius 2 is 2.17 bits per heavy atom. The van der Waals surface area contributed by atoms with Crippen molar-refractivity contribution < 1.29 is 9.90 Å². The van der Waals surface area contributed by atoms with Crippen molar-refractivity contribution in [2.24, 2.45) is 11.7 Å². The van der Waals surface area contributed by atoms with Gasteiger partial charge in [-0.3, -0.25) is 4.79 Å². The van der Waals surface area contributed by atoms with E-state index in [0.29, 0.717) is 13.0 Å². The minimum absolute atomic E-state index is 0.0362. The quantitative estimate of drug-likeness (QED) is 0.847. The van der Waals surface area contributed by atoms with Crippen LogP contribution in [0.25, 0.3) is 0 Å². The van der Waals surface area contributed by atoms with Crippen LogP contribution in [0, 0.1) is 5.92 Å². The van der Waals surface area contributed by atoms with Crippen LogP contribution in [0.5, 0.6) is 0 Å². The molecule has 0 aromatic heterocycles. The molecule has 3 N–H and O–H groups in total. The maximum Gasteiger partial charge on any atom is 0.222 e. The highest BCUT2D eigenvalue weighted by Crippen LogP contribution is 2.25. The van der Waals surface area contributed by atoms with Gasteiger partial charge in [-0.1, -0.05) is 19.1 Å². The fraction of sp³-hybridized carbons (Fsp3) is 0.500. The van der Waals surface area contributed by atoms with Crippen molar-refractivity contribution in [3.63, 3.8) is 0 Å². The van der Waals surface area contributed by atoms with E-state index < -0.39 is 6.10 Å². The predicted molar refractivity (Wildman–Crippen MR) is 71.2 cm³/mol. The van der Waals surface area contributed by atoms with E-state index >= 15 is 0 Å². The molecule has 2 atom stereocenters. The van der Waals surface area contributed by atoms with Crippen LogP contribution in [0.2, 0.25) is 0 Å². The van der Waals surface area contributed by atoms with Crippen LogP contribution in [-0.4, -0.2) is 24.1 Å². The number of hydrogen-bond donors (Lipinski definition) is 2. The Hall–Kier alpha value is -1.55. The van der Waals surface area contributed by atoms with Gasteiger partial charge in [0.1, 0.15) is 0 Å². The smallest absolute Gasteiger partial charge is 0.222 e. The molecular formula is C14H20N2O2. The molecule has 0 saturated carbocycles. The van der Waals surface area contributed by atoms with Crippen molar-refractivity contribution in [1.82, 2.24) is 0 Å². The van der Waals surface area contributed by atoms with E-state index in [1.165, 1.54) is 0 Å². The van der Waals surface area contributed by atoms with E-state index in [4.69, 9.17) is 5.73 Å². The lowest BCUT2D eigenvalue weighted by Gasteiger charge is -2.19. The van der Waals surface area contributed by atoms with Crippen molar-refractivity contribution >= 4 is 11.6 Å². The van der Waals surface area contributed by atoms with Gasteiger partial charge in [0, 0.05) is 18.8 Å². The number of carbonyl (C=O) groups is 1. The van der Waals surface area contributed by atoms with E-state index in [-0.39, 0.29) is 11.8 Å². The molecule has 0 radical (unpaired) electrons. The first-order valence-electron chi connectivity index (χ1n) is 6.44. The van der Waals surface area contributed by atoms with Crippen LogP contribution in [0.1, 0.15) is 31.4 Å². The van der Waals surface area contributed by atoms with Gasteiger partial charge in [0.2, 0.25) is 5.91 Å². The second-order valence-electron chi connectivity index (χ2n) is 4.85. The molecule has 4 nitrogen and oxygen atoms in total. The summed E-state index contributed by atoms with van der Waals surface area (Å²) in [6.07, 6.45) is 1.15.